The summed E-state index contributed by atoms with van der Waals surface area (Å²) >= 11 is 12.6. The molecule has 0 radical (unpaired) electrons. The van der Waals surface area contributed by atoms with E-state index in [2.05, 4.69) is 20.5 Å². The highest BCUT2D eigenvalue weighted by molar-refractivity contribution is 6.37. The number of halogens is 2. The van der Waals surface area contributed by atoms with E-state index < -0.39 is 5.97 Å². The normalized spacial score (nSPS) is 13.9. The van der Waals surface area contributed by atoms with Crippen molar-refractivity contribution in [2.45, 2.75) is 19.8 Å². The molecule has 0 atom stereocenters. The van der Waals surface area contributed by atoms with Crippen LogP contribution in [0.2, 0.25) is 10.0 Å². The van der Waals surface area contributed by atoms with E-state index in [1.807, 2.05) is 25.1 Å². The second-order valence-corrected chi connectivity index (χ2v) is 6.93. The maximum Gasteiger partial charge on any atom is 0.352 e. The minimum atomic E-state index is -1.06. The molecule has 6 nitrogen and oxygen atoms in total. The average molecular weight is 417 g/mol. The third-order valence-electron chi connectivity index (χ3n) is 4.04. The average Bonchev–Trinajstić information content (AvgIpc) is 2.84. The number of benzene rings is 2. The van der Waals surface area contributed by atoms with E-state index >= 15 is 0 Å². The van der Waals surface area contributed by atoms with Crippen LogP contribution in [0.25, 0.3) is 0 Å². The number of carboxylic acids is 1. The summed E-state index contributed by atoms with van der Waals surface area (Å²) in [4.78, 5) is 20.5. The van der Waals surface area contributed by atoms with Crippen molar-refractivity contribution in [2.75, 3.05) is 6.54 Å². The fraction of sp³-hybridized carbons (Fsp3) is 0.200. The van der Waals surface area contributed by atoms with Crippen LogP contribution in [0.1, 0.15) is 30.9 Å². The highest BCUT2D eigenvalue weighted by atomic mass is 35.5. The summed E-state index contributed by atoms with van der Waals surface area (Å²) in [6, 6.07) is 12.7. The fourth-order valence-electron chi connectivity index (χ4n) is 2.74. The van der Waals surface area contributed by atoms with Crippen LogP contribution in [0.15, 0.2) is 57.6 Å². The van der Waals surface area contributed by atoms with E-state index in [4.69, 9.17) is 23.2 Å². The van der Waals surface area contributed by atoms with Crippen molar-refractivity contribution in [1.29, 1.82) is 0 Å². The topological polar surface area (TPSA) is 86.4 Å². The number of nitrogens with one attached hydrogen (secondary N) is 1. The zero-order valence-electron chi connectivity index (χ0n) is 15.1. The quantitative estimate of drug-likeness (QED) is 0.546. The number of amidine groups is 1. The summed E-state index contributed by atoms with van der Waals surface area (Å²) in [5, 5.41) is 14.4. The Labute approximate surface area is 172 Å². The Kier molecular flexibility index (Phi) is 6.44. The van der Waals surface area contributed by atoms with Crippen LogP contribution < -0.4 is 5.43 Å². The van der Waals surface area contributed by atoms with Crippen LogP contribution in [0.4, 0.5) is 5.69 Å². The lowest BCUT2D eigenvalue weighted by Gasteiger charge is -2.10. The molecular formula is C20H18Cl2N4O2. The molecule has 2 aromatic carbocycles. The van der Waals surface area contributed by atoms with Crippen molar-refractivity contribution in [2.24, 2.45) is 15.1 Å². The maximum atomic E-state index is 11.3. The monoisotopic (exact) mass is 416 g/mol. The number of carbonyl (C=O) groups is 1. The molecule has 3 rings (SSSR count). The third kappa shape index (κ3) is 4.58. The molecule has 144 valence electrons. The summed E-state index contributed by atoms with van der Waals surface area (Å²) in [6.07, 6.45) is 1.03. The van der Waals surface area contributed by atoms with Gasteiger partial charge in [0.05, 0.1) is 17.9 Å². The molecule has 0 fully saturated rings. The summed E-state index contributed by atoms with van der Waals surface area (Å²) < 4.78 is 0. The van der Waals surface area contributed by atoms with Gasteiger partial charge in [0.15, 0.2) is 0 Å². The Balaban J connectivity index is 2.02. The predicted molar refractivity (Wildman–Crippen MR) is 114 cm³/mol. The number of carboxylic acid groups (broad SMARTS) is 1. The number of fused-ring (bicyclic) bond motifs is 1. The molecule has 2 N–H and O–H groups in total. The molecule has 0 aromatic heterocycles. The minimum absolute atomic E-state index is 0.0427. The van der Waals surface area contributed by atoms with Crippen LogP contribution in [-0.2, 0) is 4.79 Å². The maximum absolute atomic E-state index is 11.3. The molecule has 0 unspecified atom stereocenters. The lowest BCUT2D eigenvalue weighted by atomic mass is 10.0. The lowest BCUT2D eigenvalue weighted by Crippen LogP contribution is -2.25. The Morgan fingerprint density at radius 1 is 1.21 bits per heavy atom. The molecular weight excluding hydrogens is 399 g/mol. The van der Waals surface area contributed by atoms with E-state index in [-0.39, 0.29) is 12.3 Å². The van der Waals surface area contributed by atoms with Crippen LogP contribution in [0.3, 0.4) is 0 Å². The Morgan fingerprint density at radius 3 is 2.71 bits per heavy atom. The first-order chi connectivity index (χ1) is 13.5. The van der Waals surface area contributed by atoms with E-state index in [1.165, 1.54) is 0 Å². The first-order valence-corrected chi connectivity index (χ1v) is 9.48. The van der Waals surface area contributed by atoms with Gasteiger partial charge in [0.25, 0.3) is 0 Å². The van der Waals surface area contributed by atoms with Crippen molar-refractivity contribution in [3.8, 4) is 0 Å². The van der Waals surface area contributed by atoms with Gasteiger partial charge >= 0.3 is 5.97 Å². The second kappa shape index (κ2) is 8.99. The van der Waals surface area contributed by atoms with Crippen molar-refractivity contribution < 1.29 is 9.90 Å². The van der Waals surface area contributed by atoms with Crippen molar-refractivity contribution in [1.82, 2.24) is 5.43 Å². The molecule has 1 aliphatic rings. The van der Waals surface area contributed by atoms with Crippen LogP contribution in [-0.4, -0.2) is 34.9 Å². The number of rotatable bonds is 5. The number of nitrogens with zero attached hydrogens (tertiary/aromatic N) is 3. The van der Waals surface area contributed by atoms with E-state index in [0.29, 0.717) is 40.1 Å². The molecule has 1 heterocycles. The van der Waals surface area contributed by atoms with Gasteiger partial charge in [-0.2, -0.15) is 5.10 Å². The zero-order valence-corrected chi connectivity index (χ0v) is 16.6. The smallest absolute Gasteiger partial charge is 0.352 e. The van der Waals surface area contributed by atoms with E-state index in [1.54, 1.807) is 24.3 Å². The van der Waals surface area contributed by atoms with E-state index in [0.717, 1.165) is 11.1 Å². The summed E-state index contributed by atoms with van der Waals surface area (Å²) in [5.41, 5.74) is 5.62. The number of aliphatic carboxylic acids is 1. The predicted octanol–water partition coefficient (Wildman–Crippen LogP) is 4.70. The highest BCUT2D eigenvalue weighted by Gasteiger charge is 2.19. The molecule has 0 saturated heterocycles. The van der Waals surface area contributed by atoms with Gasteiger partial charge in [0.1, 0.15) is 11.5 Å². The Bertz CT molecular complexity index is 999. The molecule has 0 spiro atoms. The molecule has 0 bridgehead atoms. The number of hydrazone groups is 1. The van der Waals surface area contributed by atoms with Gasteiger partial charge in [-0.25, -0.2) is 9.79 Å². The van der Waals surface area contributed by atoms with Gasteiger partial charge in [-0.1, -0.05) is 54.7 Å². The Hall–Kier alpha value is -2.70. The number of hydrogen-bond donors (Lipinski definition) is 2. The van der Waals surface area contributed by atoms with Gasteiger partial charge in [0, 0.05) is 21.2 Å². The van der Waals surface area contributed by atoms with Gasteiger partial charge in [-0.15, -0.1) is 0 Å². The van der Waals surface area contributed by atoms with Crippen LogP contribution in [0.5, 0.6) is 0 Å². The SMILES string of the molecule is CCCC(=NNC1=Nc2ccc(Cl)cc2C(c2ccccc2Cl)=NC1)C(=O)O. The standard InChI is InChI=1S/C20H18Cl2N4O2/c1-2-5-17(20(27)28)25-26-18-11-23-19(13-6-3-4-7-15(13)22)14-10-12(21)8-9-16(14)24-18/h3-4,6-10H,2,5,11H2,1H3,(H,24,26)(H,27,28). The molecule has 0 saturated carbocycles. The van der Waals surface area contributed by atoms with Crippen LogP contribution in [0, 0.1) is 0 Å². The third-order valence-corrected chi connectivity index (χ3v) is 4.60. The second-order valence-electron chi connectivity index (χ2n) is 6.09. The van der Waals surface area contributed by atoms with Gasteiger partial charge in [-0.3, -0.25) is 10.4 Å². The Morgan fingerprint density at radius 2 is 2.00 bits per heavy atom. The van der Waals surface area contributed by atoms with Gasteiger partial charge < -0.3 is 5.11 Å². The minimum Gasteiger partial charge on any atom is -0.477 e. The van der Waals surface area contributed by atoms with Crippen molar-refractivity contribution >= 4 is 52.1 Å². The largest absolute Gasteiger partial charge is 0.477 e. The van der Waals surface area contributed by atoms with Crippen LogP contribution >= 0.6 is 23.2 Å². The van der Waals surface area contributed by atoms with E-state index in [9.17, 15) is 9.90 Å². The van der Waals surface area contributed by atoms with Gasteiger partial charge in [-0.05, 0) is 30.7 Å². The molecule has 1 aliphatic heterocycles. The van der Waals surface area contributed by atoms with Gasteiger partial charge in [0.2, 0.25) is 0 Å². The molecule has 8 heteroatoms. The molecule has 0 amide bonds. The fourth-order valence-corrected chi connectivity index (χ4v) is 3.14. The lowest BCUT2D eigenvalue weighted by molar-refractivity contribution is -0.129. The summed E-state index contributed by atoms with van der Waals surface area (Å²) in [5.74, 6) is -0.628. The number of aliphatic imine (C=N–C) groups is 2. The zero-order chi connectivity index (χ0) is 20.1. The molecule has 28 heavy (non-hydrogen) atoms. The highest BCUT2D eigenvalue weighted by Crippen LogP contribution is 2.30. The first kappa shape index (κ1) is 20.0. The van der Waals surface area contributed by atoms with Crippen molar-refractivity contribution in [3.05, 3.63) is 63.6 Å². The number of hydrogen-bond acceptors (Lipinski definition) is 5. The summed E-state index contributed by atoms with van der Waals surface area (Å²) in [7, 11) is 0. The van der Waals surface area contributed by atoms with Crippen molar-refractivity contribution in [3.63, 3.8) is 0 Å². The summed E-state index contributed by atoms with van der Waals surface area (Å²) in [6.45, 7) is 2.08. The first-order valence-electron chi connectivity index (χ1n) is 8.72. The molecule has 2 aromatic rings. The molecule has 0 aliphatic carbocycles.